The SMILES string of the molecule is O=C(O)[C@@H]1C[C@@H](O)CN1C(=O)C=Cc1ccc(Cl)cc1. The minimum absolute atomic E-state index is 0.0424. The molecular weight excluding hydrogens is 282 g/mol. The Balaban J connectivity index is 2.07. The van der Waals surface area contributed by atoms with E-state index in [0.717, 1.165) is 5.56 Å². The zero-order valence-corrected chi connectivity index (χ0v) is 11.3. The van der Waals surface area contributed by atoms with Gasteiger partial charge < -0.3 is 15.1 Å². The van der Waals surface area contributed by atoms with Crippen LogP contribution in [0.15, 0.2) is 30.3 Å². The molecule has 2 atom stereocenters. The lowest BCUT2D eigenvalue weighted by Crippen LogP contribution is -2.39. The Labute approximate surface area is 121 Å². The summed E-state index contributed by atoms with van der Waals surface area (Å²) in [7, 11) is 0. The first kappa shape index (κ1) is 14.6. The maximum atomic E-state index is 12.0. The normalized spacial score (nSPS) is 22.4. The highest BCUT2D eigenvalue weighted by Gasteiger charge is 2.37. The minimum Gasteiger partial charge on any atom is -0.480 e. The molecule has 106 valence electrons. The molecule has 1 aromatic rings. The van der Waals surface area contributed by atoms with Gasteiger partial charge in [-0.15, -0.1) is 0 Å². The van der Waals surface area contributed by atoms with Crippen molar-refractivity contribution in [3.8, 4) is 0 Å². The molecule has 0 unspecified atom stereocenters. The highest BCUT2D eigenvalue weighted by atomic mass is 35.5. The molecule has 1 heterocycles. The number of likely N-dealkylation sites (tertiary alicyclic amines) is 1. The van der Waals surface area contributed by atoms with Gasteiger partial charge in [-0.25, -0.2) is 4.79 Å². The van der Waals surface area contributed by atoms with E-state index in [4.69, 9.17) is 16.7 Å². The van der Waals surface area contributed by atoms with Crippen LogP contribution < -0.4 is 0 Å². The fourth-order valence-electron chi connectivity index (χ4n) is 2.13. The van der Waals surface area contributed by atoms with Crippen molar-refractivity contribution < 1.29 is 19.8 Å². The summed E-state index contributed by atoms with van der Waals surface area (Å²) in [6.07, 6.45) is 2.17. The molecule has 1 saturated heterocycles. The van der Waals surface area contributed by atoms with Crippen molar-refractivity contribution in [3.63, 3.8) is 0 Å². The molecule has 5 nitrogen and oxygen atoms in total. The standard InChI is InChI=1S/C14H14ClNO4/c15-10-4-1-9(2-5-10)3-6-13(18)16-8-11(17)7-12(16)14(19)20/h1-6,11-12,17H,7-8H2,(H,19,20)/t11-,12+/m1/s1. The predicted octanol–water partition coefficient (Wildman–Crippen LogP) is 1.40. The lowest BCUT2D eigenvalue weighted by molar-refractivity contribution is -0.146. The Hall–Kier alpha value is -1.85. The van der Waals surface area contributed by atoms with Crippen molar-refractivity contribution in [3.05, 3.63) is 40.9 Å². The number of rotatable bonds is 3. The number of halogens is 1. The van der Waals surface area contributed by atoms with Crippen molar-refractivity contribution in [2.75, 3.05) is 6.54 Å². The van der Waals surface area contributed by atoms with Gasteiger partial charge in [0.05, 0.1) is 6.10 Å². The minimum atomic E-state index is -1.10. The molecule has 2 rings (SSSR count). The number of β-amino-alcohol motifs (C(OH)–C–C–N with tert-alkyl or cyclic N) is 1. The van der Waals surface area contributed by atoms with Gasteiger partial charge in [0.1, 0.15) is 6.04 Å². The number of nitrogens with zero attached hydrogens (tertiary/aromatic N) is 1. The van der Waals surface area contributed by atoms with Crippen LogP contribution in [0.4, 0.5) is 0 Å². The van der Waals surface area contributed by atoms with Crippen LogP contribution in [0.2, 0.25) is 5.02 Å². The number of aliphatic carboxylic acids is 1. The maximum Gasteiger partial charge on any atom is 0.326 e. The van der Waals surface area contributed by atoms with Gasteiger partial charge in [0.2, 0.25) is 5.91 Å². The van der Waals surface area contributed by atoms with Crippen molar-refractivity contribution >= 4 is 29.6 Å². The molecule has 0 bridgehead atoms. The molecule has 0 aliphatic carbocycles. The van der Waals surface area contributed by atoms with Crippen LogP contribution in [0.5, 0.6) is 0 Å². The first-order valence-electron chi connectivity index (χ1n) is 6.12. The number of carboxylic acids is 1. The lowest BCUT2D eigenvalue weighted by Gasteiger charge is -2.19. The second kappa shape index (κ2) is 6.07. The molecule has 0 radical (unpaired) electrons. The Kier molecular flexibility index (Phi) is 4.42. The van der Waals surface area contributed by atoms with Gasteiger partial charge in [0, 0.05) is 24.1 Å². The lowest BCUT2D eigenvalue weighted by atomic mass is 10.2. The fraction of sp³-hybridized carbons (Fsp3) is 0.286. The van der Waals surface area contributed by atoms with Gasteiger partial charge in [-0.05, 0) is 23.8 Å². The third-order valence-corrected chi connectivity index (χ3v) is 3.39. The van der Waals surface area contributed by atoms with E-state index in [0.29, 0.717) is 5.02 Å². The van der Waals surface area contributed by atoms with Crippen molar-refractivity contribution in [2.45, 2.75) is 18.6 Å². The Morgan fingerprint density at radius 2 is 1.95 bits per heavy atom. The highest BCUT2D eigenvalue weighted by Crippen LogP contribution is 2.19. The number of aliphatic hydroxyl groups is 1. The van der Waals surface area contributed by atoms with Crippen LogP contribution in [0.25, 0.3) is 6.08 Å². The number of carboxylic acid groups (broad SMARTS) is 1. The molecule has 1 fully saturated rings. The summed E-state index contributed by atoms with van der Waals surface area (Å²) in [5, 5.41) is 19.1. The Bertz CT molecular complexity index is 541. The van der Waals surface area contributed by atoms with E-state index in [2.05, 4.69) is 0 Å². The maximum absolute atomic E-state index is 12.0. The van der Waals surface area contributed by atoms with E-state index >= 15 is 0 Å². The van der Waals surface area contributed by atoms with E-state index in [1.54, 1.807) is 30.3 Å². The molecule has 2 N–H and O–H groups in total. The van der Waals surface area contributed by atoms with Gasteiger partial charge in [0.25, 0.3) is 0 Å². The van der Waals surface area contributed by atoms with Gasteiger partial charge >= 0.3 is 5.97 Å². The molecule has 0 saturated carbocycles. The number of hydrogen-bond acceptors (Lipinski definition) is 3. The number of hydrogen-bond donors (Lipinski definition) is 2. The predicted molar refractivity (Wildman–Crippen MR) is 74.2 cm³/mol. The molecular formula is C14H14ClNO4. The highest BCUT2D eigenvalue weighted by molar-refractivity contribution is 6.30. The van der Waals surface area contributed by atoms with E-state index in [1.807, 2.05) is 0 Å². The largest absolute Gasteiger partial charge is 0.480 e. The smallest absolute Gasteiger partial charge is 0.326 e. The van der Waals surface area contributed by atoms with Gasteiger partial charge in [-0.2, -0.15) is 0 Å². The first-order valence-corrected chi connectivity index (χ1v) is 6.50. The van der Waals surface area contributed by atoms with Crippen LogP contribution in [0.3, 0.4) is 0 Å². The third-order valence-electron chi connectivity index (χ3n) is 3.14. The van der Waals surface area contributed by atoms with Crippen LogP contribution in [-0.2, 0) is 9.59 Å². The number of carbonyl (C=O) groups is 2. The topological polar surface area (TPSA) is 77.8 Å². The van der Waals surface area contributed by atoms with Crippen molar-refractivity contribution in [2.24, 2.45) is 0 Å². The van der Waals surface area contributed by atoms with Crippen LogP contribution >= 0.6 is 11.6 Å². The molecule has 1 amide bonds. The summed E-state index contributed by atoms with van der Waals surface area (Å²) in [5.41, 5.74) is 0.786. The van der Waals surface area contributed by atoms with E-state index in [9.17, 15) is 14.7 Å². The number of aliphatic hydroxyl groups excluding tert-OH is 1. The van der Waals surface area contributed by atoms with E-state index < -0.39 is 24.0 Å². The summed E-state index contributed by atoms with van der Waals surface area (Å²) >= 11 is 5.76. The van der Waals surface area contributed by atoms with Gasteiger partial charge in [-0.3, -0.25) is 4.79 Å². The summed E-state index contributed by atoms with van der Waals surface area (Å²) < 4.78 is 0. The second-order valence-electron chi connectivity index (χ2n) is 4.62. The molecule has 1 aliphatic heterocycles. The second-order valence-corrected chi connectivity index (χ2v) is 5.06. The molecule has 1 aliphatic rings. The van der Waals surface area contributed by atoms with E-state index in [1.165, 1.54) is 11.0 Å². The fourth-order valence-corrected chi connectivity index (χ4v) is 2.25. The van der Waals surface area contributed by atoms with Gasteiger partial charge in [0.15, 0.2) is 0 Å². The summed E-state index contributed by atoms with van der Waals surface area (Å²) in [4.78, 5) is 24.2. The summed E-state index contributed by atoms with van der Waals surface area (Å²) in [6.45, 7) is 0.0424. The average molecular weight is 296 g/mol. The molecule has 1 aromatic carbocycles. The van der Waals surface area contributed by atoms with Crippen molar-refractivity contribution in [1.29, 1.82) is 0 Å². The Morgan fingerprint density at radius 3 is 2.55 bits per heavy atom. The summed E-state index contributed by atoms with van der Waals surface area (Å²) in [6, 6.07) is 5.93. The first-order chi connectivity index (χ1) is 9.47. The number of amides is 1. The quantitative estimate of drug-likeness (QED) is 0.826. The Morgan fingerprint density at radius 1 is 1.30 bits per heavy atom. The zero-order valence-electron chi connectivity index (χ0n) is 10.6. The molecule has 6 heteroatoms. The van der Waals surface area contributed by atoms with Crippen molar-refractivity contribution in [1.82, 2.24) is 4.90 Å². The molecule has 0 spiro atoms. The van der Waals surface area contributed by atoms with Crippen LogP contribution in [0.1, 0.15) is 12.0 Å². The number of carbonyl (C=O) groups excluding carboxylic acids is 1. The zero-order chi connectivity index (χ0) is 14.7. The van der Waals surface area contributed by atoms with Crippen LogP contribution in [-0.4, -0.2) is 45.7 Å². The number of benzene rings is 1. The van der Waals surface area contributed by atoms with Crippen LogP contribution in [0, 0.1) is 0 Å². The molecule has 20 heavy (non-hydrogen) atoms. The van der Waals surface area contributed by atoms with E-state index in [-0.39, 0.29) is 13.0 Å². The molecule has 0 aromatic heterocycles. The third kappa shape index (κ3) is 3.37. The van der Waals surface area contributed by atoms with Gasteiger partial charge in [-0.1, -0.05) is 23.7 Å². The summed E-state index contributed by atoms with van der Waals surface area (Å²) in [5.74, 6) is -1.53. The average Bonchev–Trinajstić information content (AvgIpc) is 2.80. The monoisotopic (exact) mass is 295 g/mol.